The number of rotatable bonds is 6. The van der Waals surface area contributed by atoms with Crippen LogP contribution in [0, 0.1) is 0 Å². The van der Waals surface area contributed by atoms with Gasteiger partial charge >= 0.3 is 0 Å². The molecule has 2 aromatic rings. The summed E-state index contributed by atoms with van der Waals surface area (Å²) in [7, 11) is -0.560. The van der Waals surface area contributed by atoms with E-state index in [2.05, 4.69) is 5.32 Å². The second-order valence-electron chi connectivity index (χ2n) is 6.86. The molecular formula is C20H23ClN2O6S. The lowest BCUT2D eigenvalue weighted by atomic mass is 10.1. The largest absolute Gasteiger partial charge is 0.493 e. The van der Waals surface area contributed by atoms with Crippen molar-refractivity contribution < 1.29 is 27.4 Å². The summed E-state index contributed by atoms with van der Waals surface area (Å²) in [5.41, 5.74) is 1.10. The van der Waals surface area contributed by atoms with Crippen LogP contribution in [0.25, 0.3) is 0 Å². The van der Waals surface area contributed by atoms with Gasteiger partial charge < -0.3 is 19.5 Å². The van der Waals surface area contributed by atoms with Crippen LogP contribution in [0.4, 0.5) is 5.69 Å². The zero-order valence-electron chi connectivity index (χ0n) is 17.0. The number of hydrogen-bond donors (Lipinski definition) is 1. The number of carbonyl (C=O) groups excluding carboxylic acids is 1. The summed E-state index contributed by atoms with van der Waals surface area (Å²) < 4.78 is 42.0. The van der Waals surface area contributed by atoms with Gasteiger partial charge in [0.15, 0.2) is 17.6 Å². The molecule has 1 N–H and O–H groups in total. The normalized spacial score (nSPS) is 16.8. The smallest absolute Gasteiger partial charge is 0.263 e. The van der Waals surface area contributed by atoms with Gasteiger partial charge in [-0.2, -0.15) is 0 Å². The number of nitrogens with zero attached hydrogens (tertiary/aromatic N) is 1. The van der Waals surface area contributed by atoms with Crippen LogP contribution < -0.4 is 23.8 Å². The maximum absolute atomic E-state index is 12.9. The first kappa shape index (κ1) is 22.0. The van der Waals surface area contributed by atoms with Gasteiger partial charge in [0.1, 0.15) is 5.75 Å². The van der Waals surface area contributed by atoms with Crippen LogP contribution in [0.2, 0.25) is 5.02 Å². The van der Waals surface area contributed by atoms with E-state index in [1.54, 1.807) is 31.4 Å². The fourth-order valence-corrected chi connectivity index (χ4v) is 4.26. The van der Waals surface area contributed by atoms with Crippen LogP contribution in [0.15, 0.2) is 36.4 Å². The van der Waals surface area contributed by atoms with Gasteiger partial charge in [-0.25, -0.2) is 8.42 Å². The number of methoxy groups -OCH3 is 2. The number of amides is 1. The highest BCUT2D eigenvalue weighted by atomic mass is 35.5. The number of anilines is 1. The highest BCUT2D eigenvalue weighted by Gasteiger charge is 2.35. The summed E-state index contributed by atoms with van der Waals surface area (Å²) in [6.45, 7) is 1.65. The average molecular weight is 455 g/mol. The van der Waals surface area contributed by atoms with Gasteiger partial charge in [0.2, 0.25) is 10.0 Å². The summed E-state index contributed by atoms with van der Waals surface area (Å²) in [4.78, 5) is 12.9. The van der Waals surface area contributed by atoms with E-state index >= 15 is 0 Å². The molecule has 162 valence electrons. The highest BCUT2D eigenvalue weighted by Crippen LogP contribution is 2.37. The second-order valence-corrected chi connectivity index (χ2v) is 9.20. The molecule has 0 radical (unpaired) electrons. The number of ether oxygens (including phenoxy) is 3. The highest BCUT2D eigenvalue weighted by molar-refractivity contribution is 7.92. The van der Waals surface area contributed by atoms with Gasteiger partial charge in [0.25, 0.3) is 5.91 Å². The van der Waals surface area contributed by atoms with Crippen molar-refractivity contribution in [2.24, 2.45) is 0 Å². The number of hydrogen-bond acceptors (Lipinski definition) is 6. The van der Waals surface area contributed by atoms with Crippen molar-refractivity contribution in [1.29, 1.82) is 0 Å². The minimum absolute atomic E-state index is 0.156. The number of sulfonamides is 1. The Morgan fingerprint density at radius 2 is 1.90 bits per heavy atom. The third-order valence-corrected chi connectivity index (χ3v) is 6.13. The molecule has 0 fully saturated rings. The van der Waals surface area contributed by atoms with Crippen molar-refractivity contribution in [2.45, 2.75) is 19.1 Å². The van der Waals surface area contributed by atoms with Gasteiger partial charge in [0.05, 0.1) is 38.7 Å². The Morgan fingerprint density at radius 1 is 1.20 bits per heavy atom. The van der Waals surface area contributed by atoms with E-state index in [9.17, 15) is 13.2 Å². The number of carbonyl (C=O) groups is 1. The number of benzene rings is 2. The van der Waals surface area contributed by atoms with Gasteiger partial charge in [-0.1, -0.05) is 17.7 Å². The molecule has 2 atom stereocenters. The zero-order valence-corrected chi connectivity index (χ0v) is 18.6. The molecule has 3 rings (SSSR count). The molecular weight excluding hydrogens is 432 g/mol. The molecule has 1 aliphatic rings. The number of halogens is 1. The van der Waals surface area contributed by atoms with Crippen LogP contribution in [0.1, 0.15) is 18.5 Å². The monoisotopic (exact) mass is 454 g/mol. The second kappa shape index (κ2) is 8.61. The number of fused-ring (bicyclic) bond motifs is 1. The fraction of sp³-hybridized carbons (Fsp3) is 0.350. The molecule has 10 heteroatoms. The molecule has 0 saturated carbocycles. The van der Waals surface area contributed by atoms with E-state index in [1.165, 1.54) is 13.2 Å². The molecule has 0 aromatic heterocycles. The molecule has 0 unspecified atom stereocenters. The quantitative estimate of drug-likeness (QED) is 0.721. The van der Waals surface area contributed by atoms with Gasteiger partial charge in [-0.3, -0.25) is 9.10 Å². The molecule has 1 heterocycles. The van der Waals surface area contributed by atoms with Gasteiger partial charge in [0, 0.05) is 5.02 Å². The Hall–Kier alpha value is -2.65. The third kappa shape index (κ3) is 4.57. The lowest BCUT2D eigenvalue weighted by Gasteiger charge is -2.34. The summed E-state index contributed by atoms with van der Waals surface area (Å²) in [5, 5.41) is 3.23. The fourth-order valence-electron chi connectivity index (χ4n) is 3.19. The Balaban J connectivity index is 1.81. The molecule has 30 heavy (non-hydrogen) atoms. The molecule has 0 aliphatic carbocycles. The first-order valence-electron chi connectivity index (χ1n) is 9.10. The lowest BCUT2D eigenvalue weighted by molar-refractivity contribution is -0.128. The first-order valence-corrected chi connectivity index (χ1v) is 11.3. The molecule has 0 saturated heterocycles. The minimum Gasteiger partial charge on any atom is -0.493 e. The zero-order chi connectivity index (χ0) is 22.1. The van der Waals surface area contributed by atoms with E-state index in [0.29, 0.717) is 22.2 Å². The van der Waals surface area contributed by atoms with E-state index in [4.69, 9.17) is 25.8 Å². The van der Waals surface area contributed by atoms with Crippen molar-refractivity contribution in [3.05, 3.63) is 47.0 Å². The van der Waals surface area contributed by atoms with Crippen LogP contribution >= 0.6 is 11.6 Å². The maximum Gasteiger partial charge on any atom is 0.263 e. The Bertz CT molecular complexity index is 1060. The van der Waals surface area contributed by atoms with E-state index < -0.39 is 22.0 Å². The van der Waals surface area contributed by atoms with Crippen molar-refractivity contribution in [1.82, 2.24) is 5.32 Å². The molecule has 1 amide bonds. The van der Waals surface area contributed by atoms with Crippen molar-refractivity contribution in [2.75, 3.05) is 31.3 Å². The molecule has 2 aromatic carbocycles. The topological polar surface area (TPSA) is 94.2 Å². The van der Waals surface area contributed by atoms with Gasteiger partial charge in [-0.15, -0.1) is 0 Å². The summed E-state index contributed by atoms with van der Waals surface area (Å²) in [5.74, 6) is 0.954. The van der Waals surface area contributed by atoms with E-state index in [0.717, 1.165) is 16.1 Å². The summed E-state index contributed by atoms with van der Waals surface area (Å²) in [6.07, 6.45) is 0.0560. The Labute approximate surface area is 180 Å². The van der Waals surface area contributed by atoms with Gasteiger partial charge in [-0.05, 0) is 42.8 Å². The van der Waals surface area contributed by atoms with Crippen LogP contribution in [0.3, 0.4) is 0 Å². The molecule has 8 nitrogen and oxygen atoms in total. The van der Waals surface area contributed by atoms with Crippen molar-refractivity contribution in [3.8, 4) is 17.2 Å². The predicted molar refractivity (Wildman–Crippen MR) is 114 cm³/mol. The van der Waals surface area contributed by atoms with Crippen molar-refractivity contribution in [3.63, 3.8) is 0 Å². The predicted octanol–water partition coefficient (Wildman–Crippen LogP) is 2.76. The van der Waals surface area contributed by atoms with Crippen LogP contribution in [-0.2, 0) is 14.8 Å². The summed E-state index contributed by atoms with van der Waals surface area (Å²) >= 11 is 6.00. The molecule has 0 bridgehead atoms. The maximum atomic E-state index is 12.9. The SMILES string of the molecule is COc1ccc([C@@H](C)NC(=O)[C@H]2CN(S(C)(=O)=O)c3cc(Cl)ccc3O2)cc1OC. The standard InChI is InChI=1S/C20H23ClN2O6S/c1-12(13-5-7-17(27-2)18(9-13)28-3)22-20(24)19-11-23(30(4,25)26)15-10-14(21)6-8-16(15)29-19/h5-10,12,19H,11H2,1-4H3,(H,22,24)/t12-,19-/m1/s1. The minimum atomic E-state index is -3.64. The average Bonchev–Trinajstić information content (AvgIpc) is 2.71. The van der Waals surface area contributed by atoms with Crippen LogP contribution in [0.5, 0.6) is 17.2 Å². The summed E-state index contributed by atoms with van der Waals surface area (Å²) in [6, 6.07) is 9.58. The lowest BCUT2D eigenvalue weighted by Crippen LogP contribution is -2.50. The number of nitrogens with one attached hydrogen (secondary N) is 1. The van der Waals surface area contributed by atoms with E-state index in [-0.39, 0.29) is 18.3 Å². The van der Waals surface area contributed by atoms with Crippen LogP contribution in [-0.4, -0.2) is 47.4 Å². The Kier molecular flexibility index (Phi) is 6.33. The molecule has 0 spiro atoms. The third-order valence-electron chi connectivity index (χ3n) is 4.75. The Morgan fingerprint density at radius 3 is 2.53 bits per heavy atom. The van der Waals surface area contributed by atoms with Crippen molar-refractivity contribution >= 4 is 33.2 Å². The van der Waals surface area contributed by atoms with E-state index in [1.807, 2.05) is 13.0 Å². The first-order chi connectivity index (χ1) is 14.1. The molecule has 1 aliphatic heterocycles.